The summed E-state index contributed by atoms with van der Waals surface area (Å²) in [6.45, 7) is 10.5. The molecule has 1 aromatic carbocycles. The maximum absolute atomic E-state index is 11.7. The summed E-state index contributed by atoms with van der Waals surface area (Å²) in [4.78, 5) is 21.3. The highest BCUT2D eigenvalue weighted by Crippen LogP contribution is 2.22. The monoisotopic (exact) mass is 445 g/mol. The van der Waals surface area contributed by atoms with E-state index >= 15 is 0 Å². The summed E-state index contributed by atoms with van der Waals surface area (Å²) in [5.74, 6) is 2.43. The molecule has 1 amide bonds. The number of nitrogens with one attached hydrogen (secondary N) is 2. The third-order valence-electron chi connectivity index (χ3n) is 6.14. The highest BCUT2D eigenvalue weighted by atomic mass is 16.5. The molecule has 2 N–H and O–H groups in total. The molecule has 2 aliphatic heterocycles. The number of nitrogens with zero attached hydrogens (tertiary/aromatic N) is 3. The van der Waals surface area contributed by atoms with Crippen molar-refractivity contribution in [3.05, 3.63) is 29.8 Å². The van der Waals surface area contributed by atoms with Crippen LogP contribution in [0.2, 0.25) is 0 Å². The number of hydrogen-bond donors (Lipinski definition) is 2. The number of carbonyl (C=O) groups excluding carboxylic acids is 1. The number of guanidine groups is 1. The average molecular weight is 446 g/mol. The molecule has 2 heterocycles. The largest absolute Gasteiger partial charge is 0.492 e. The van der Waals surface area contributed by atoms with Crippen molar-refractivity contribution in [1.82, 2.24) is 20.4 Å². The summed E-state index contributed by atoms with van der Waals surface area (Å²) < 4.78 is 11.5. The van der Waals surface area contributed by atoms with Gasteiger partial charge >= 0.3 is 0 Å². The Morgan fingerprint density at radius 2 is 1.94 bits per heavy atom. The highest BCUT2D eigenvalue weighted by molar-refractivity contribution is 5.80. The second kappa shape index (κ2) is 13.3. The minimum atomic E-state index is 0.134. The molecular weight excluding hydrogens is 406 g/mol. The minimum absolute atomic E-state index is 0.134. The van der Waals surface area contributed by atoms with E-state index in [9.17, 15) is 4.79 Å². The van der Waals surface area contributed by atoms with Gasteiger partial charge in [-0.3, -0.25) is 9.69 Å². The first-order chi connectivity index (χ1) is 15.7. The molecular formula is C24H39N5O3. The molecule has 2 aliphatic rings. The molecule has 0 atom stereocenters. The number of piperidine rings is 1. The number of likely N-dealkylation sites (tertiary alicyclic amines) is 1. The lowest BCUT2D eigenvalue weighted by Gasteiger charge is -2.34. The van der Waals surface area contributed by atoms with Gasteiger partial charge < -0.3 is 25.0 Å². The molecule has 8 nitrogen and oxygen atoms in total. The Hall–Kier alpha value is -2.32. The zero-order valence-corrected chi connectivity index (χ0v) is 19.6. The molecule has 0 spiro atoms. The molecule has 1 aromatic rings. The fraction of sp³-hybridized carbons (Fsp3) is 0.667. The van der Waals surface area contributed by atoms with Crippen molar-refractivity contribution in [1.29, 1.82) is 0 Å². The fourth-order valence-corrected chi connectivity index (χ4v) is 4.18. The van der Waals surface area contributed by atoms with Gasteiger partial charge in [-0.15, -0.1) is 0 Å². The van der Waals surface area contributed by atoms with E-state index in [0.717, 1.165) is 82.6 Å². The van der Waals surface area contributed by atoms with Gasteiger partial charge in [0.1, 0.15) is 12.4 Å². The number of ether oxygens (including phenoxy) is 2. The Balaban J connectivity index is 1.54. The summed E-state index contributed by atoms with van der Waals surface area (Å²) >= 11 is 0. The third kappa shape index (κ3) is 7.67. The van der Waals surface area contributed by atoms with Crippen LogP contribution in [0.4, 0.5) is 0 Å². The van der Waals surface area contributed by atoms with Crippen LogP contribution >= 0.6 is 0 Å². The van der Waals surface area contributed by atoms with Crippen molar-refractivity contribution < 1.29 is 14.3 Å². The van der Waals surface area contributed by atoms with Gasteiger partial charge in [-0.05, 0) is 31.7 Å². The molecule has 178 valence electrons. The Labute approximate surface area is 192 Å². The van der Waals surface area contributed by atoms with Gasteiger partial charge in [-0.2, -0.15) is 0 Å². The van der Waals surface area contributed by atoms with Crippen LogP contribution in [0.3, 0.4) is 0 Å². The minimum Gasteiger partial charge on any atom is -0.492 e. The van der Waals surface area contributed by atoms with E-state index in [4.69, 9.17) is 14.5 Å². The van der Waals surface area contributed by atoms with Crippen LogP contribution in [0.5, 0.6) is 5.75 Å². The predicted molar refractivity (Wildman–Crippen MR) is 127 cm³/mol. The summed E-state index contributed by atoms with van der Waals surface area (Å²) in [6.07, 6.45) is 2.64. The normalized spacial score (nSPS) is 18.4. The molecule has 8 heteroatoms. The number of para-hydroxylation sites is 1. The Morgan fingerprint density at radius 3 is 2.66 bits per heavy atom. The lowest BCUT2D eigenvalue weighted by atomic mass is 9.93. The van der Waals surface area contributed by atoms with E-state index in [1.54, 1.807) is 7.05 Å². The summed E-state index contributed by atoms with van der Waals surface area (Å²) in [7, 11) is 1.71. The van der Waals surface area contributed by atoms with Gasteiger partial charge in [0.2, 0.25) is 5.91 Å². The quantitative estimate of drug-likeness (QED) is 0.445. The van der Waals surface area contributed by atoms with Crippen LogP contribution in [0.1, 0.15) is 31.7 Å². The van der Waals surface area contributed by atoms with Crippen molar-refractivity contribution >= 4 is 11.9 Å². The molecule has 2 fully saturated rings. The van der Waals surface area contributed by atoms with Gasteiger partial charge in [0.05, 0.1) is 19.8 Å². The average Bonchev–Trinajstić information content (AvgIpc) is 2.83. The number of aliphatic imine (C=N–C) groups is 1. The third-order valence-corrected chi connectivity index (χ3v) is 6.14. The van der Waals surface area contributed by atoms with Gasteiger partial charge in [0, 0.05) is 58.3 Å². The summed E-state index contributed by atoms with van der Waals surface area (Å²) in [5.41, 5.74) is 1.10. The SMILES string of the molecule is CCNC(=NCc1ccccc1OCCN1CCOCC1)N1CCC(CC(=O)NC)CC1. The number of carbonyl (C=O) groups is 1. The van der Waals surface area contributed by atoms with E-state index in [1.165, 1.54) is 0 Å². The summed E-state index contributed by atoms with van der Waals surface area (Å²) in [6, 6.07) is 8.17. The zero-order valence-electron chi connectivity index (χ0n) is 19.6. The highest BCUT2D eigenvalue weighted by Gasteiger charge is 2.23. The Kier molecular flexibility index (Phi) is 10.1. The predicted octanol–water partition coefficient (Wildman–Crippen LogP) is 1.71. The van der Waals surface area contributed by atoms with Crippen molar-refractivity contribution in [2.45, 2.75) is 32.7 Å². The molecule has 0 bridgehead atoms. The van der Waals surface area contributed by atoms with E-state index in [1.807, 2.05) is 18.2 Å². The molecule has 32 heavy (non-hydrogen) atoms. The van der Waals surface area contributed by atoms with E-state index in [2.05, 4.69) is 33.4 Å². The van der Waals surface area contributed by atoms with Crippen molar-refractivity contribution in [3.63, 3.8) is 0 Å². The van der Waals surface area contributed by atoms with Crippen LogP contribution in [-0.4, -0.2) is 87.8 Å². The molecule has 0 aromatic heterocycles. The van der Waals surface area contributed by atoms with Crippen molar-refractivity contribution in [3.8, 4) is 5.75 Å². The fourth-order valence-electron chi connectivity index (χ4n) is 4.18. The Bertz CT molecular complexity index is 728. The molecule has 2 saturated heterocycles. The van der Waals surface area contributed by atoms with Crippen LogP contribution in [0.15, 0.2) is 29.3 Å². The van der Waals surface area contributed by atoms with Gasteiger partial charge in [-0.25, -0.2) is 4.99 Å². The number of hydrogen-bond acceptors (Lipinski definition) is 5. The summed E-state index contributed by atoms with van der Waals surface area (Å²) in [5, 5.41) is 6.17. The lowest BCUT2D eigenvalue weighted by molar-refractivity contribution is -0.121. The molecule has 3 rings (SSSR count). The molecule has 0 unspecified atom stereocenters. The maximum Gasteiger partial charge on any atom is 0.220 e. The first kappa shape index (κ1) is 24.3. The van der Waals surface area contributed by atoms with Crippen LogP contribution in [0, 0.1) is 5.92 Å². The smallest absolute Gasteiger partial charge is 0.220 e. The number of benzene rings is 1. The first-order valence-corrected chi connectivity index (χ1v) is 11.9. The van der Waals surface area contributed by atoms with Gasteiger partial charge in [0.25, 0.3) is 0 Å². The van der Waals surface area contributed by atoms with Gasteiger partial charge in [-0.1, -0.05) is 18.2 Å². The number of rotatable bonds is 9. The van der Waals surface area contributed by atoms with E-state index in [-0.39, 0.29) is 5.91 Å². The zero-order chi connectivity index (χ0) is 22.6. The van der Waals surface area contributed by atoms with Crippen LogP contribution in [0.25, 0.3) is 0 Å². The van der Waals surface area contributed by atoms with Gasteiger partial charge in [0.15, 0.2) is 5.96 Å². The molecule has 0 aliphatic carbocycles. The molecule has 0 radical (unpaired) electrons. The van der Waals surface area contributed by atoms with E-state index in [0.29, 0.717) is 25.5 Å². The standard InChI is InChI=1S/C24H39N5O3/c1-3-26-24(29-10-8-20(9-11-29)18-23(30)25-2)27-19-21-6-4-5-7-22(21)32-17-14-28-12-15-31-16-13-28/h4-7,20H,3,8-19H2,1-2H3,(H,25,30)(H,26,27). The van der Waals surface area contributed by atoms with Crippen molar-refractivity contribution in [2.24, 2.45) is 10.9 Å². The second-order valence-corrected chi connectivity index (χ2v) is 8.39. The number of amides is 1. The molecule has 0 saturated carbocycles. The second-order valence-electron chi connectivity index (χ2n) is 8.39. The Morgan fingerprint density at radius 1 is 1.19 bits per heavy atom. The maximum atomic E-state index is 11.7. The lowest BCUT2D eigenvalue weighted by Crippen LogP contribution is -2.46. The first-order valence-electron chi connectivity index (χ1n) is 11.9. The van der Waals surface area contributed by atoms with E-state index < -0.39 is 0 Å². The van der Waals surface area contributed by atoms with Crippen molar-refractivity contribution in [2.75, 3.05) is 66.1 Å². The topological polar surface area (TPSA) is 78.4 Å². The van der Waals surface area contributed by atoms with Crippen LogP contribution < -0.4 is 15.4 Å². The van der Waals surface area contributed by atoms with Crippen LogP contribution in [-0.2, 0) is 16.1 Å². The number of morpholine rings is 1.